The zero-order valence-corrected chi connectivity index (χ0v) is 38.0. The number of carbonyl (C=O) groups is 2. The van der Waals surface area contributed by atoms with Gasteiger partial charge in [0.1, 0.15) is 27.9 Å². The zero-order valence-electron chi connectivity index (χ0n) is 34.8. The third-order valence-corrected chi connectivity index (χ3v) is 13.0. The molecule has 312 valence electrons. The minimum absolute atomic E-state index is 0.152. The maximum Gasteiger partial charge on any atom is 0.343 e. The van der Waals surface area contributed by atoms with Crippen molar-refractivity contribution in [3.05, 3.63) is 148 Å². The van der Waals surface area contributed by atoms with Gasteiger partial charge in [-0.05, 0) is 150 Å². The summed E-state index contributed by atoms with van der Waals surface area (Å²) in [6.07, 6.45) is 5.55. The number of rotatable bonds is 13. The van der Waals surface area contributed by atoms with Crippen molar-refractivity contribution >= 4 is 72.5 Å². The molecule has 0 bridgehead atoms. The minimum Gasteiger partial charge on any atom is -0.494 e. The normalized spacial score (nSPS) is 13.9. The number of hydrogen-bond acceptors (Lipinski definition) is 10. The van der Waals surface area contributed by atoms with E-state index >= 15 is 0 Å². The van der Waals surface area contributed by atoms with Crippen molar-refractivity contribution in [1.29, 1.82) is 0 Å². The Morgan fingerprint density at radius 1 is 0.903 bits per heavy atom. The molecule has 11 heteroatoms. The molecule has 1 aromatic heterocycles. The molecule has 0 radical (unpaired) electrons. The van der Waals surface area contributed by atoms with E-state index in [9.17, 15) is 9.59 Å². The van der Waals surface area contributed by atoms with Gasteiger partial charge < -0.3 is 23.7 Å². The Kier molecular flexibility index (Phi) is 12.7. The number of nitrogens with zero attached hydrogens (tertiary/aromatic N) is 1. The molecule has 1 unspecified atom stereocenters. The van der Waals surface area contributed by atoms with Crippen molar-refractivity contribution in [3.8, 4) is 50.8 Å². The number of benzene rings is 6. The molecule has 8 rings (SSSR count). The predicted octanol–water partition coefficient (Wildman–Crippen LogP) is 12.5. The van der Waals surface area contributed by atoms with Crippen LogP contribution >= 0.6 is 39.0 Å². The molecule has 0 amide bonds. The van der Waals surface area contributed by atoms with E-state index in [1.165, 1.54) is 16.9 Å². The number of carbonyl (C=O) groups excluding carboxylic acids is 2. The van der Waals surface area contributed by atoms with Gasteiger partial charge in [-0.2, -0.15) is 0 Å². The summed E-state index contributed by atoms with van der Waals surface area (Å²) in [6, 6.07) is 30.9. The second kappa shape index (κ2) is 18.3. The Balaban J connectivity index is 1.10. The number of hydrogen-bond donors (Lipinski definition) is 0. The molecule has 0 saturated carbocycles. The van der Waals surface area contributed by atoms with Crippen LogP contribution in [-0.2, 0) is 14.3 Å². The summed E-state index contributed by atoms with van der Waals surface area (Å²) >= 11 is 6.85. The van der Waals surface area contributed by atoms with Gasteiger partial charge in [-0.25, -0.2) is 14.6 Å². The van der Waals surface area contributed by atoms with Crippen LogP contribution in [0, 0.1) is 25.7 Å². The third kappa shape index (κ3) is 9.50. The fourth-order valence-electron chi connectivity index (χ4n) is 6.95. The molecule has 6 aromatic carbocycles. The van der Waals surface area contributed by atoms with Crippen molar-refractivity contribution in [3.63, 3.8) is 0 Å². The van der Waals surface area contributed by atoms with Gasteiger partial charge in [0.05, 0.1) is 34.3 Å². The van der Waals surface area contributed by atoms with Crippen LogP contribution in [0.25, 0.3) is 43.2 Å². The number of aromatic nitrogens is 1. The molecule has 1 saturated heterocycles. The lowest BCUT2D eigenvalue weighted by Crippen LogP contribution is -2.10. The van der Waals surface area contributed by atoms with Crippen LogP contribution in [0.4, 0.5) is 0 Å². The molecule has 7 aromatic rings. The topological polar surface area (TPSA) is 96.5 Å². The smallest absolute Gasteiger partial charge is 0.343 e. The number of epoxide rings is 1. The van der Waals surface area contributed by atoms with E-state index in [0.29, 0.717) is 46.9 Å². The van der Waals surface area contributed by atoms with E-state index < -0.39 is 11.9 Å². The standard InChI is InChI=1S/C51H42BrNO7S2/c1-7-45(54)58-43-27-41(48-53-29-37(62-48)20-13-32-11-9-30(2)10-12-32)46(40-28-44(61-6)31(3)25-39(40)43)35-16-21-38-34(26-35)17-22-42(47(38)52)59-49(55)33-14-18-36(19-15-33)56-23-8-24-57-50-51(4,5)60-50/h7,9-12,14-19,21-22,25-29,50H,1,8,23-24H2,2-6H3. The van der Waals surface area contributed by atoms with Crippen molar-refractivity contribution < 1.29 is 33.3 Å². The van der Waals surface area contributed by atoms with Gasteiger partial charge in [-0.1, -0.05) is 48.4 Å². The van der Waals surface area contributed by atoms with Crippen LogP contribution in [0.2, 0.25) is 0 Å². The fraction of sp³-hybridized carbons (Fsp3) is 0.196. The summed E-state index contributed by atoms with van der Waals surface area (Å²) in [4.78, 5) is 32.8. The van der Waals surface area contributed by atoms with Crippen molar-refractivity contribution in [2.75, 3.05) is 19.5 Å². The molecule has 2 heterocycles. The van der Waals surface area contributed by atoms with Crippen LogP contribution in [0.3, 0.4) is 0 Å². The summed E-state index contributed by atoms with van der Waals surface area (Å²) < 4.78 is 29.4. The number of thiazole rings is 1. The first kappa shape index (κ1) is 42.9. The summed E-state index contributed by atoms with van der Waals surface area (Å²) in [5.74, 6) is 6.93. The molecular weight excluding hydrogens is 883 g/mol. The Morgan fingerprint density at radius 3 is 2.40 bits per heavy atom. The minimum atomic E-state index is -0.556. The van der Waals surface area contributed by atoms with Gasteiger partial charge in [0.2, 0.25) is 0 Å². The highest BCUT2D eigenvalue weighted by Gasteiger charge is 2.49. The molecule has 1 aliphatic rings. The van der Waals surface area contributed by atoms with E-state index in [2.05, 4.69) is 52.5 Å². The van der Waals surface area contributed by atoms with Crippen LogP contribution in [0.5, 0.6) is 17.2 Å². The van der Waals surface area contributed by atoms with Gasteiger partial charge in [-0.3, -0.25) is 0 Å². The second-order valence-corrected chi connectivity index (χ2v) is 18.0. The largest absolute Gasteiger partial charge is 0.494 e. The predicted molar refractivity (Wildman–Crippen MR) is 252 cm³/mol. The van der Waals surface area contributed by atoms with Crippen LogP contribution < -0.4 is 14.2 Å². The lowest BCUT2D eigenvalue weighted by Gasteiger charge is -2.18. The summed E-state index contributed by atoms with van der Waals surface area (Å²) in [5.41, 5.74) is 5.96. The summed E-state index contributed by atoms with van der Waals surface area (Å²) in [6.45, 7) is 12.7. The SMILES string of the molecule is C=CC(=O)Oc1cc(-c2ncc(C#Cc3ccc(C)cc3)s2)c(-c2ccc3c(Br)c(OC(=O)c4ccc(OCCCOC5OC5(C)C)cc4)ccc3c2)c2cc(SC)c(C)cc12. The number of thioether (sulfide) groups is 1. The Morgan fingerprint density at radius 2 is 1.68 bits per heavy atom. The summed E-state index contributed by atoms with van der Waals surface area (Å²) in [5, 5.41) is 4.17. The zero-order chi connectivity index (χ0) is 43.5. The monoisotopic (exact) mass is 923 g/mol. The van der Waals surface area contributed by atoms with Gasteiger partial charge in [0.15, 0.2) is 6.29 Å². The van der Waals surface area contributed by atoms with Crippen molar-refractivity contribution in [1.82, 2.24) is 4.98 Å². The van der Waals surface area contributed by atoms with E-state index in [-0.39, 0.29) is 11.9 Å². The molecule has 1 atom stereocenters. The van der Waals surface area contributed by atoms with Crippen LogP contribution in [-0.4, -0.2) is 48.3 Å². The van der Waals surface area contributed by atoms with Crippen LogP contribution in [0.1, 0.15) is 52.2 Å². The first-order valence-electron chi connectivity index (χ1n) is 19.9. The number of halogens is 1. The highest BCUT2D eigenvalue weighted by Crippen LogP contribution is 2.47. The van der Waals surface area contributed by atoms with Gasteiger partial charge in [0, 0.05) is 39.5 Å². The first-order valence-corrected chi connectivity index (χ1v) is 22.8. The lowest BCUT2D eigenvalue weighted by molar-refractivity contribution is -0.128. The summed E-state index contributed by atoms with van der Waals surface area (Å²) in [7, 11) is 0. The van der Waals surface area contributed by atoms with Crippen molar-refractivity contribution in [2.45, 2.75) is 50.9 Å². The quantitative estimate of drug-likeness (QED) is 0.0213. The average molecular weight is 925 g/mol. The van der Waals surface area contributed by atoms with E-state index in [0.717, 1.165) is 70.2 Å². The Hall–Kier alpha value is -5.74. The fourth-order valence-corrected chi connectivity index (χ4v) is 8.94. The Bertz CT molecular complexity index is 2930. The van der Waals surface area contributed by atoms with Gasteiger partial charge in [-0.15, -0.1) is 23.1 Å². The molecule has 0 aliphatic carbocycles. The Labute approximate surface area is 377 Å². The van der Waals surface area contributed by atoms with Gasteiger partial charge in [0.25, 0.3) is 0 Å². The molecule has 62 heavy (non-hydrogen) atoms. The lowest BCUT2D eigenvalue weighted by atomic mass is 9.90. The maximum atomic E-state index is 13.3. The van der Waals surface area contributed by atoms with Crippen molar-refractivity contribution in [2.24, 2.45) is 0 Å². The molecule has 0 N–H and O–H groups in total. The number of ether oxygens (including phenoxy) is 5. The molecule has 1 fully saturated rings. The second-order valence-electron chi connectivity index (χ2n) is 15.3. The number of aryl methyl sites for hydroxylation is 2. The number of fused-ring (bicyclic) bond motifs is 2. The van der Waals surface area contributed by atoms with Crippen LogP contribution in [0.15, 0.2) is 125 Å². The van der Waals surface area contributed by atoms with E-state index in [1.807, 2.05) is 82.5 Å². The van der Waals surface area contributed by atoms with E-state index in [1.54, 1.807) is 48.3 Å². The third-order valence-electron chi connectivity index (χ3n) is 10.4. The maximum absolute atomic E-state index is 13.3. The highest BCUT2D eigenvalue weighted by molar-refractivity contribution is 9.10. The first-order chi connectivity index (χ1) is 29.9. The molecule has 8 nitrogen and oxygen atoms in total. The molecular formula is C51H42BrNO7S2. The molecule has 0 spiro atoms. The van der Waals surface area contributed by atoms with E-state index in [4.69, 9.17) is 28.7 Å². The number of esters is 2. The molecule has 1 aliphatic heterocycles. The average Bonchev–Trinajstić information content (AvgIpc) is 3.61. The highest BCUT2D eigenvalue weighted by atomic mass is 79.9. The van der Waals surface area contributed by atoms with Gasteiger partial charge >= 0.3 is 11.9 Å².